The third-order valence-corrected chi connectivity index (χ3v) is 17.0. The van der Waals surface area contributed by atoms with Crippen molar-refractivity contribution in [1.29, 1.82) is 0 Å². The Kier molecular flexibility index (Phi) is 18.3. The fourth-order valence-electron chi connectivity index (χ4n) is 12.7. The van der Waals surface area contributed by atoms with Gasteiger partial charge in [0.1, 0.15) is 12.7 Å². The highest BCUT2D eigenvalue weighted by Gasteiger charge is 2.26. The number of likely N-dealkylation sites (tertiary alicyclic amines) is 2. The number of aromatic nitrogens is 8. The van der Waals surface area contributed by atoms with E-state index >= 15 is 0 Å². The van der Waals surface area contributed by atoms with Crippen molar-refractivity contribution in [2.45, 2.75) is 148 Å². The fraction of sp³-hybridized carbons (Fsp3) is 0.524. The van der Waals surface area contributed by atoms with Gasteiger partial charge in [-0.25, -0.2) is 19.0 Å². The van der Waals surface area contributed by atoms with E-state index in [1.54, 1.807) is 35.9 Å². The number of hydrogen-bond donors (Lipinski definition) is 4. The molecule has 2 fully saturated rings. The van der Waals surface area contributed by atoms with E-state index in [0.717, 1.165) is 124 Å². The van der Waals surface area contributed by atoms with Gasteiger partial charge in [0.05, 0.1) is 25.6 Å². The van der Waals surface area contributed by atoms with Gasteiger partial charge in [-0.2, -0.15) is 10.2 Å². The Hall–Kier alpha value is -6.78. The molecule has 16 heteroatoms. The number of H-pyrrole nitrogens is 2. The highest BCUT2D eigenvalue weighted by Crippen LogP contribution is 2.41. The van der Waals surface area contributed by atoms with E-state index in [0.29, 0.717) is 72.4 Å². The van der Waals surface area contributed by atoms with E-state index in [-0.39, 0.29) is 11.8 Å². The highest BCUT2D eigenvalue weighted by molar-refractivity contribution is 5.93. The molecule has 16 nitrogen and oxygen atoms in total. The van der Waals surface area contributed by atoms with Crippen molar-refractivity contribution in [3.05, 3.63) is 95.8 Å². The van der Waals surface area contributed by atoms with Crippen LogP contribution in [0.25, 0.3) is 55.6 Å². The first-order valence-electron chi connectivity index (χ1n) is 29.6. The van der Waals surface area contributed by atoms with Crippen LogP contribution in [0.1, 0.15) is 170 Å². The summed E-state index contributed by atoms with van der Waals surface area (Å²) in [7, 11) is 3.35. The van der Waals surface area contributed by atoms with Crippen LogP contribution in [0.3, 0.4) is 0 Å². The van der Waals surface area contributed by atoms with Crippen molar-refractivity contribution in [3.63, 3.8) is 0 Å². The van der Waals surface area contributed by atoms with E-state index in [2.05, 4.69) is 127 Å². The lowest BCUT2D eigenvalue weighted by molar-refractivity contribution is -0.122. The van der Waals surface area contributed by atoms with Gasteiger partial charge in [-0.3, -0.25) is 9.59 Å². The molecule has 10 rings (SSSR count). The maximum Gasteiger partial charge on any atom is 0.220 e. The molecule has 0 bridgehead atoms. The number of unbranched alkanes of at least 4 members (excludes halogenated alkanes) is 8. The Morgan fingerprint density at radius 2 is 0.962 bits per heavy atom. The second-order valence-electron chi connectivity index (χ2n) is 23.0. The first-order valence-corrected chi connectivity index (χ1v) is 29.6. The van der Waals surface area contributed by atoms with Crippen LogP contribution in [0.2, 0.25) is 0 Å². The molecule has 2 aliphatic rings. The van der Waals surface area contributed by atoms with Crippen molar-refractivity contribution >= 4 is 44.9 Å². The molecule has 420 valence electrons. The molecule has 2 aliphatic heterocycles. The Bertz CT molecular complexity index is 3100. The van der Waals surface area contributed by atoms with Gasteiger partial charge in [-0.05, 0) is 147 Å². The van der Waals surface area contributed by atoms with Crippen molar-refractivity contribution < 1.29 is 19.1 Å². The molecular weight excluding hydrogens is 989 g/mol. The predicted octanol–water partition coefficient (Wildman–Crippen LogP) is 11.9. The summed E-state index contributed by atoms with van der Waals surface area (Å²) in [5.41, 5.74) is 13.4. The Balaban J connectivity index is 0.542. The number of nitrogens with one attached hydrogen (secondary N) is 4. The average molecular weight is 1070 g/mol. The number of pyridine rings is 2. The molecule has 0 aliphatic carbocycles. The summed E-state index contributed by atoms with van der Waals surface area (Å²) in [6.07, 6.45) is 23.0. The molecule has 0 atom stereocenters. The summed E-state index contributed by atoms with van der Waals surface area (Å²) in [5, 5.41) is 17.7. The lowest BCUT2D eigenvalue weighted by atomic mass is 9.87. The number of methoxy groups -OCH3 is 2. The number of carbonyl (C=O) groups excluding carboxylic acids is 2. The molecule has 8 aromatic rings. The largest absolute Gasteiger partial charge is 0.493 e. The number of ether oxygens (including phenoxy) is 2. The van der Waals surface area contributed by atoms with Crippen molar-refractivity contribution in [2.75, 3.05) is 66.6 Å². The van der Waals surface area contributed by atoms with Crippen molar-refractivity contribution in [3.8, 4) is 34.0 Å². The summed E-state index contributed by atoms with van der Waals surface area (Å²) in [4.78, 5) is 46.5. The fourth-order valence-corrected chi connectivity index (χ4v) is 12.7. The average Bonchev–Trinajstić information content (AvgIpc) is 4.33. The molecule has 8 heterocycles. The van der Waals surface area contributed by atoms with E-state index in [9.17, 15) is 9.59 Å². The monoisotopic (exact) mass is 1070 g/mol. The maximum absolute atomic E-state index is 12.7. The second-order valence-corrected chi connectivity index (χ2v) is 23.0. The van der Waals surface area contributed by atoms with Gasteiger partial charge >= 0.3 is 0 Å². The van der Waals surface area contributed by atoms with Crippen LogP contribution in [0, 0.1) is 0 Å². The number of amides is 2. The molecule has 4 N–H and O–H groups in total. The number of carbonyl (C=O) groups is 2. The lowest BCUT2D eigenvalue weighted by Gasteiger charge is -2.32. The van der Waals surface area contributed by atoms with Crippen LogP contribution < -0.4 is 20.1 Å². The van der Waals surface area contributed by atoms with Crippen LogP contribution >= 0.6 is 0 Å². The normalized spacial score (nSPS) is 15.2. The van der Waals surface area contributed by atoms with E-state index in [1.165, 1.54) is 65.1 Å². The summed E-state index contributed by atoms with van der Waals surface area (Å²) in [6.45, 7) is 16.4. The second kappa shape index (κ2) is 26.0. The molecule has 0 radical (unpaired) electrons. The van der Waals surface area contributed by atoms with E-state index < -0.39 is 0 Å². The standard InChI is InChI=1S/C63H84N12O4/c1-42(2)58-50-34-46(18-20-52(50)70-60(58)48-36-54(78-5)62-66-40-68-74(62)38-48)44-22-28-72(29-23-44)32-26-64-56(76)16-14-12-10-8-7-9-11-13-15-17-57(77)65-27-33-73-30-24-45(25-31-73)47-19-21-53-51(35-47)59(43(3)4)61(71-53)49-37-55(79-6)63-67-41-69-75(63)39-49/h18-21,34-45,70-71H,7-17,22-33H2,1-6H3,(H,64,76)(H,65,77). The minimum absolute atomic E-state index is 0.179. The van der Waals surface area contributed by atoms with Crippen LogP contribution in [0.15, 0.2) is 73.6 Å². The molecule has 2 saturated heterocycles. The number of aromatic amines is 2. The van der Waals surface area contributed by atoms with Gasteiger partial charge < -0.3 is 39.9 Å². The molecular formula is C63H84N12O4. The van der Waals surface area contributed by atoms with Crippen LogP contribution in [0.5, 0.6) is 11.5 Å². The molecule has 2 amide bonds. The van der Waals surface area contributed by atoms with Gasteiger partial charge in [-0.15, -0.1) is 0 Å². The molecule has 0 spiro atoms. The van der Waals surface area contributed by atoms with Crippen molar-refractivity contribution in [1.82, 2.24) is 59.6 Å². The van der Waals surface area contributed by atoms with Crippen LogP contribution in [-0.4, -0.2) is 127 Å². The van der Waals surface area contributed by atoms with Gasteiger partial charge in [0.2, 0.25) is 11.8 Å². The van der Waals surface area contributed by atoms with E-state index in [1.807, 2.05) is 12.4 Å². The van der Waals surface area contributed by atoms with Crippen molar-refractivity contribution in [2.24, 2.45) is 0 Å². The number of piperidine rings is 2. The summed E-state index contributed by atoms with van der Waals surface area (Å²) in [6, 6.07) is 18.0. The van der Waals surface area contributed by atoms with Gasteiger partial charge in [0.15, 0.2) is 22.8 Å². The molecule has 2 aromatic carbocycles. The van der Waals surface area contributed by atoms with Crippen LogP contribution in [-0.2, 0) is 9.59 Å². The smallest absolute Gasteiger partial charge is 0.220 e. The molecule has 6 aromatic heterocycles. The zero-order chi connectivity index (χ0) is 54.8. The van der Waals surface area contributed by atoms with Gasteiger partial charge in [-0.1, -0.05) is 84.8 Å². The highest BCUT2D eigenvalue weighted by atomic mass is 16.5. The maximum atomic E-state index is 12.7. The van der Waals surface area contributed by atoms with Gasteiger partial charge in [0.25, 0.3) is 0 Å². The first-order chi connectivity index (χ1) is 38.5. The Morgan fingerprint density at radius 1 is 0.570 bits per heavy atom. The quantitative estimate of drug-likeness (QED) is 0.0382. The Labute approximate surface area is 465 Å². The number of rotatable bonds is 26. The number of nitrogens with zero attached hydrogens (tertiary/aromatic N) is 8. The zero-order valence-electron chi connectivity index (χ0n) is 47.7. The first kappa shape index (κ1) is 55.5. The number of fused-ring (bicyclic) bond motifs is 4. The summed E-state index contributed by atoms with van der Waals surface area (Å²) >= 11 is 0. The Morgan fingerprint density at radius 3 is 1.34 bits per heavy atom. The number of benzene rings is 2. The lowest BCUT2D eigenvalue weighted by Crippen LogP contribution is -2.39. The van der Waals surface area contributed by atoms with Crippen LogP contribution in [0.4, 0.5) is 0 Å². The molecule has 79 heavy (non-hydrogen) atoms. The zero-order valence-corrected chi connectivity index (χ0v) is 47.7. The summed E-state index contributed by atoms with van der Waals surface area (Å²) < 4.78 is 14.9. The third kappa shape index (κ3) is 13.1. The predicted molar refractivity (Wildman–Crippen MR) is 315 cm³/mol. The summed E-state index contributed by atoms with van der Waals surface area (Å²) in [5.74, 6) is 3.45. The SMILES string of the molecule is COc1cc(-c2[nH]c3ccc(C4CCN(CCNC(=O)CCCCCCCCCCCC(=O)NCCN5CCC(c6ccc7[nH]c(-c8cc(OC)c9ncnn9c8)c(C(C)C)c7c6)CC5)CC4)cc3c2C(C)C)cn2ncnc12. The minimum atomic E-state index is 0.179. The molecule has 0 saturated carbocycles. The van der Waals surface area contributed by atoms with Gasteiger partial charge in [0, 0.05) is 84.3 Å². The third-order valence-electron chi connectivity index (χ3n) is 17.0. The number of hydrogen-bond acceptors (Lipinski definition) is 10. The van der Waals surface area contributed by atoms with E-state index in [4.69, 9.17) is 9.47 Å². The minimum Gasteiger partial charge on any atom is -0.493 e. The topological polar surface area (TPSA) is 175 Å². The molecule has 0 unspecified atom stereocenters.